The van der Waals surface area contributed by atoms with Gasteiger partial charge in [0.2, 0.25) is 0 Å². The fourth-order valence-corrected chi connectivity index (χ4v) is 1.85. The largest absolute Gasteiger partial charge is 0.347 e. The van der Waals surface area contributed by atoms with Gasteiger partial charge in [-0.2, -0.15) is 0 Å². The Bertz CT molecular complexity index is 685. The number of hydrogen-bond donors (Lipinski definition) is 1. The number of nitrogens with zero attached hydrogens (tertiary/aromatic N) is 2. The highest BCUT2D eigenvalue weighted by Crippen LogP contribution is 2.21. The summed E-state index contributed by atoms with van der Waals surface area (Å²) in [6.07, 6.45) is 1.46. The summed E-state index contributed by atoms with van der Waals surface area (Å²) in [4.78, 5) is 25.0. The van der Waals surface area contributed by atoms with Gasteiger partial charge in [0.15, 0.2) is 0 Å². The monoisotopic (exact) mass is 245 g/mol. The highest BCUT2D eigenvalue weighted by atomic mass is 16.2. The zero-order valence-corrected chi connectivity index (χ0v) is 10.6. The first-order valence-electron chi connectivity index (χ1n) is 5.63. The number of benzene rings is 1. The van der Waals surface area contributed by atoms with Crippen molar-refractivity contribution in [1.29, 1.82) is 0 Å². The summed E-state index contributed by atoms with van der Waals surface area (Å²) in [6.45, 7) is 4.01. The fourth-order valence-electron chi connectivity index (χ4n) is 1.85. The van der Waals surface area contributed by atoms with Gasteiger partial charge in [-0.3, -0.25) is 14.8 Å². The predicted molar refractivity (Wildman–Crippen MR) is 71.0 cm³/mol. The van der Waals surface area contributed by atoms with Crippen molar-refractivity contribution in [3.63, 3.8) is 0 Å². The highest BCUT2D eigenvalue weighted by Gasteiger charge is 2.09. The Morgan fingerprint density at radius 1 is 1.17 bits per heavy atom. The van der Waals surface area contributed by atoms with Gasteiger partial charge in [0, 0.05) is 19.3 Å². The molecule has 1 aromatic carbocycles. The molecule has 0 aliphatic carbocycles. The van der Waals surface area contributed by atoms with E-state index in [9.17, 15) is 9.59 Å². The lowest BCUT2D eigenvalue weighted by molar-refractivity contribution is 0.701. The van der Waals surface area contributed by atoms with Crippen LogP contribution in [-0.2, 0) is 0 Å². The van der Waals surface area contributed by atoms with E-state index < -0.39 is 11.2 Å². The molecular formula is C13H15N3O2. The summed E-state index contributed by atoms with van der Waals surface area (Å²) in [5.41, 5.74) is 2.32. The van der Waals surface area contributed by atoms with Crippen molar-refractivity contribution in [2.45, 2.75) is 13.8 Å². The minimum absolute atomic E-state index is 0.398. The van der Waals surface area contributed by atoms with Gasteiger partial charge in [0.25, 0.3) is 5.56 Å². The van der Waals surface area contributed by atoms with Gasteiger partial charge in [-0.1, -0.05) is 12.1 Å². The number of rotatable bonds is 2. The number of H-pyrrole nitrogens is 1. The minimum Gasteiger partial charge on any atom is -0.280 e. The first-order valence-corrected chi connectivity index (χ1v) is 5.63. The lowest BCUT2D eigenvalue weighted by atomic mass is 10.1. The van der Waals surface area contributed by atoms with Crippen LogP contribution in [0.1, 0.15) is 11.1 Å². The van der Waals surface area contributed by atoms with Gasteiger partial charge in [0.1, 0.15) is 0 Å². The van der Waals surface area contributed by atoms with Gasteiger partial charge in [-0.05, 0) is 31.0 Å². The van der Waals surface area contributed by atoms with E-state index in [1.807, 2.05) is 32.0 Å². The lowest BCUT2D eigenvalue weighted by Crippen LogP contribution is -2.39. The zero-order chi connectivity index (χ0) is 13.3. The molecule has 0 radical (unpaired) electrons. The van der Waals surface area contributed by atoms with Gasteiger partial charge in [-0.25, -0.2) is 9.47 Å². The van der Waals surface area contributed by atoms with Crippen molar-refractivity contribution in [2.24, 2.45) is 0 Å². The molecule has 0 bridgehead atoms. The van der Waals surface area contributed by atoms with Crippen LogP contribution in [0, 0.1) is 13.8 Å². The molecule has 0 saturated carbocycles. The first kappa shape index (κ1) is 12.2. The Morgan fingerprint density at radius 3 is 2.56 bits per heavy atom. The third-order valence-corrected chi connectivity index (χ3v) is 3.05. The van der Waals surface area contributed by atoms with Crippen LogP contribution in [0.4, 0.5) is 5.69 Å². The Hall–Kier alpha value is -2.30. The molecule has 0 atom stereocenters. The Kier molecular flexibility index (Phi) is 3.06. The third kappa shape index (κ3) is 2.07. The third-order valence-electron chi connectivity index (χ3n) is 3.05. The smallest absolute Gasteiger partial charge is 0.280 e. The van der Waals surface area contributed by atoms with Crippen LogP contribution in [0.25, 0.3) is 0 Å². The van der Waals surface area contributed by atoms with Crippen molar-refractivity contribution in [3.05, 3.63) is 62.4 Å². The second-order valence-electron chi connectivity index (χ2n) is 4.20. The van der Waals surface area contributed by atoms with Crippen LogP contribution >= 0.6 is 0 Å². The highest BCUT2D eigenvalue weighted by molar-refractivity contribution is 5.54. The molecule has 0 fully saturated rings. The predicted octanol–water partition coefficient (Wildman–Crippen LogP) is 1.05. The molecule has 1 aromatic heterocycles. The molecule has 2 rings (SSSR count). The molecule has 5 nitrogen and oxygen atoms in total. The molecule has 0 aliphatic heterocycles. The summed E-state index contributed by atoms with van der Waals surface area (Å²) in [7, 11) is 1.78. The SMILES string of the molecule is Cc1cccc(N(C)n2ccc(=O)[nH]c2=O)c1C. The minimum atomic E-state index is -0.453. The molecule has 94 valence electrons. The van der Waals surface area contributed by atoms with Crippen molar-refractivity contribution in [2.75, 3.05) is 12.1 Å². The van der Waals surface area contributed by atoms with E-state index in [2.05, 4.69) is 4.98 Å². The van der Waals surface area contributed by atoms with Crippen LogP contribution in [0.3, 0.4) is 0 Å². The topological polar surface area (TPSA) is 58.1 Å². The van der Waals surface area contributed by atoms with Crippen molar-refractivity contribution in [1.82, 2.24) is 9.66 Å². The number of aromatic amines is 1. The first-order chi connectivity index (χ1) is 8.50. The van der Waals surface area contributed by atoms with Crippen LogP contribution in [-0.4, -0.2) is 16.7 Å². The van der Waals surface area contributed by atoms with E-state index in [-0.39, 0.29) is 0 Å². The Labute approximate surface area is 104 Å². The van der Waals surface area contributed by atoms with Crippen LogP contribution < -0.4 is 16.3 Å². The average Bonchev–Trinajstić information content (AvgIpc) is 2.32. The number of nitrogens with one attached hydrogen (secondary N) is 1. The van der Waals surface area contributed by atoms with Crippen LogP contribution in [0.2, 0.25) is 0 Å². The fraction of sp³-hybridized carbons (Fsp3) is 0.231. The molecule has 2 aromatic rings. The maximum absolute atomic E-state index is 11.7. The van der Waals surface area contributed by atoms with Crippen LogP contribution in [0.5, 0.6) is 0 Å². The van der Waals surface area contributed by atoms with Gasteiger partial charge >= 0.3 is 5.69 Å². The number of anilines is 1. The maximum Gasteiger partial charge on any atom is 0.347 e. The maximum atomic E-state index is 11.7. The molecule has 1 heterocycles. The molecule has 0 unspecified atom stereocenters. The average molecular weight is 245 g/mol. The van der Waals surface area contributed by atoms with E-state index >= 15 is 0 Å². The van der Waals surface area contributed by atoms with Gasteiger partial charge < -0.3 is 0 Å². The molecule has 1 N–H and O–H groups in total. The van der Waals surface area contributed by atoms with E-state index in [0.717, 1.165) is 16.8 Å². The standard InChI is InChI=1S/C13H15N3O2/c1-9-5-4-6-11(10(9)2)15(3)16-8-7-12(17)14-13(16)18/h4-8H,1-3H3,(H,14,17,18). The van der Waals surface area contributed by atoms with Gasteiger partial charge in [-0.15, -0.1) is 0 Å². The van der Waals surface area contributed by atoms with E-state index in [1.54, 1.807) is 12.1 Å². The number of aryl methyl sites for hydroxylation is 1. The number of hydrogen-bond acceptors (Lipinski definition) is 3. The molecule has 0 saturated heterocycles. The second kappa shape index (κ2) is 4.52. The molecule has 0 aliphatic rings. The normalized spacial score (nSPS) is 10.4. The molecule has 0 spiro atoms. The molecule has 0 amide bonds. The molecule has 5 heteroatoms. The summed E-state index contributed by atoms with van der Waals surface area (Å²) in [5, 5.41) is 1.71. The quantitative estimate of drug-likeness (QED) is 0.860. The summed E-state index contributed by atoms with van der Waals surface area (Å²) in [6, 6.07) is 7.20. The van der Waals surface area contributed by atoms with Gasteiger partial charge in [0.05, 0.1) is 5.69 Å². The summed E-state index contributed by atoms with van der Waals surface area (Å²) >= 11 is 0. The Balaban J connectivity index is 2.54. The van der Waals surface area contributed by atoms with E-state index in [1.165, 1.54) is 16.9 Å². The van der Waals surface area contributed by atoms with Crippen LogP contribution in [0.15, 0.2) is 40.1 Å². The Morgan fingerprint density at radius 2 is 1.89 bits per heavy atom. The summed E-state index contributed by atoms with van der Waals surface area (Å²) in [5.74, 6) is 0. The van der Waals surface area contributed by atoms with Crippen molar-refractivity contribution in [3.8, 4) is 0 Å². The molecule has 18 heavy (non-hydrogen) atoms. The zero-order valence-electron chi connectivity index (χ0n) is 10.6. The number of aromatic nitrogens is 2. The van der Waals surface area contributed by atoms with E-state index in [0.29, 0.717) is 0 Å². The molecular weight excluding hydrogens is 230 g/mol. The van der Waals surface area contributed by atoms with Crippen molar-refractivity contribution >= 4 is 5.69 Å². The van der Waals surface area contributed by atoms with E-state index in [4.69, 9.17) is 0 Å². The lowest BCUT2D eigenvalue weighted by Gasteiger charge is -2.23. The second-order valence-corrected chi connectivity index (χ2v) is 4.20. The summed E-state index contributed by atoms with van der Waals surface area (Å²) < 4.78 is 1.36. The van der Waals surface area contributed by atoms with Crippen molar-refractivity contribution < 1.29 is 0 Å².